The minimum atomic E-state index is -0.426. The lowest BCUT2D eigenvalue weighted by Gasteiger charge is -2.27. The summed E-state index contributed by atoms with van der Waals surface area (Å²) in [6.45, 7) is 3.50. The quantitative estimate of drug-likeness (QED) is 0.149. The molecule has 3 heterocycles. The number of aromatic nitrogens is 3. The van der Waals surface area contributed by atoms with Crippen molar-refractivity contribution in [1.82, 2.24) is 19.9 Å². The Morgan fingerprint density at radius 2 is 2.02 bits per heavy atom. The summed E-state index contributed by atoms with van der Waals surface area (Å²) >= 11 is 0. The number of hydrogen-bond donors (Lipinski definition) is 5. The fourth-order valence-electron chi connectivity index (χ4n) is 4.15. The van der Waals surface area contributed by atoms with Crippen LogP contribution < -0.4 is 37.8 Å². The molecular formula is C25H46N10O5. The van der Waals surface area contributed by atoms with Crippen LogP contribution in [0.4, 0.5) is 17.5 Å². The van der Waals surface area contributed by atoms with Crippen molar-refractivity contribution in [3.05, 3.63) is 46.8 Å². The van der Waals surface area contributed by atoms with Gasteiger partial charge in [0.15, 0.2) is 11.6 Å². The second-order valence-corrected chi connectivity index (χ2v) is 8.96. The first kappa shape index (κ1) is 34.1. The lowest BCUT2D eigenvalue weighted by Crippen LogP contribution is -2.37. The number of rotatable bonds is 9. The predicted octanol–water partition coefficient (Wildman–Crippen LogP) is -0.325. The van der Waals surface area contributed by atoms with Crippen LogP contribution in [0.2, 0.25) is 0 Å². The lowest BCUT2D eigenvalue weighted by molar-refractivity contribution is 0.122. The molecule has 15 heteroatoms. The van der Waals surface area contributed by atoms with Crippen LogP contribution >= 0.6 is 0 Å². The molecule has 0 radical (unpaired) electrons. The summed E-state index contributed by atoms with van der Waals surface area (Å²) in [6.07, 6.45) is 10.7. The Hall–Kier alpha value is -3.92. The van der Waals surface area contributed by atoms with E-state index in [0.717, 1.165) is 36.7 Å². The first-order chi connectivity index (χ1) is 18.5. The Kier molecular flexibility index (Phi) is 15.7. The van der Waals surface area contributed by atoms with Gasteiger partial charge < -0.3 is 52.7 Å². The van der Waals surface area contributed by atoms with Crippen LogP contribution in [0.3, 0.4) is 0 Å². The molecule has 0 spiro atoms. The Morgan fingerprint density at radius 1 is 1.30 bits per heavy atom. The van der Waals surface area contributed by atoms with Crippen molar-refractivity contribution < 1.29 is 21.9 Å². The van der Waals surface area contributed by atoms with Crippen molar-refractivity contribution in [3.63, 3.8) is 0 Å². The number of pyridine rings is 1. The molecule has 0 aromatic carbocycles. The standard InChI is InChI=1S/C16H27N5O.C9H13N5O2.2H2O.H2/c1-21(12-18)14(10-17)11-22-15-8-5-9-19-16(15)20-13-6-3-2-4-7-13;10-6-11-7-5-8(13-9(15)12-7)14-1-3-16-4-2-14;;;/h5,8-10,13H,2-4,6-7,11-12,17-18H2,1H3,(H,19,20);5-6H,1-4H2,(H3,10,11,12,13,15);2*1H2;1H/b14-10-;;;;. The third-order valence-corrected chi connectivity index (χ3v) is 6.31. The van der Waals surface area contributed by atoms with Crippen LogP contribution in [0, 0.1) is 0 Å². The van der Waals surface area contributed by atoms with Crippen molar-refractivity contribution in [2.24, 2.45) is 22.2 Å². The number of nitrogens with one attached hydrogen (secondary N) is 2. The molecule has 226 valence electrons. The molecule has 40 heavy (non-hydrogen) atoms. The highest BCUT2D eigenvalue weighted by Crippen LogP contribution is 2.26. The van der Waals surface area contributed by atoms with Crippen LogP contribution in [0.5, 0.6) is 5.75 Å². The second-order valence-electron chi connectivity index (χ2n) is 8.96. The fourth-order valence-corrected chi connectivity index (χ4v) is 4.15. The Labute approximate surface area is 235 Å². The molecule has 1 aliphatic heterocycles. The van der Waals surface area contributed by atoms with Crippen molar-refractivity contribution in [1.29, 1.82) is 0 Å². The number of ether oxygens (including phenoxy) is 2. The molecule has 0 atom stereocenters. The van der Waals surface area contributed by atoms with E-state index in [9.17, 15) is 4.79 Å². The number of anilines is 2. The molecule has 2 aromatic rings. The topological polar surface area (TPSA) is 249 Å². The van der Waals surface area contributed by atoms with Crippen LogP contribution in [-0.2, 0) is 4.74 Å². The third kappa shape index (κ3) is 10.7. The number of hydrogen-bond acceptors (Lipinski definition) is 11. The molecule has 4 rings (SSSR count). The zero-order valence-electron chi connectivity index (χ0n) is 23.0. The first-order valence-electron chi connectivity index (χ1n) is 12.9. The Bertz CT molecular complexity index is 1110. The molecule has 0 amide bonds. The van der Waals surface area contributed by atoms with E-state index in [1.54, 1.807) is 12.3 Å². The number of likely N-dealkylation sites (N-methyl/N-ethyl adjacent to an activating group) is 1. The van der Waals surface area contributed by atoms with Gasteiger partial charge in [-0.15, -0.1) is 0 Å². The smallest absolute Gasteiger partial charge is 0.348 e. The van der Waals surface area contributed by atoms with Gasteiger partial charge in [0, 0.05) is 46.1 Å². The van der Waals surface area contributed by atoms with Gasteiger partial charge in [-0.1, -0.05) is 19.3 Å². The number of nitrogens with two attached hydrogens (primary N) is 3. The highest BCUT2D eigenvalue weighted by molar-refractivity contribution is 5.58. The average Bonchev–Trinajstić information content (AvgIpc) is 2.95. The lowest BCUT2D eigenvalue weighted by atomic mass is 9.95. The molecule has 1 aliphatic carbocycles. The SMILES string of the molecule is CN(CN)/C(=C\N)COc1cccnc1NC1CCCCC1.N/C=N\c1cc(N2CCOCC2)nc(=O)[nH]1.O.O.[HH]. The van der Waals surface area contributed by atoms with Crippen molar-refractivity contribution in [2.75, 3.05) is 56.8 Å². The summed E-state index contributed by atoms with van der Waals surface area (Å²) in [6, 6.07) is 5.98. The summed E-state index contributed by atoms with van der Waals surface area (Å²) < 4.78 is 11.1. The van der Waals surface area contributed by atoms with Crippen molar-refractivity contribution >= 4 is 23.8 Å². The molecular weight excluding hydrogens is 520 g/mol. The predicted molar refractivity (Wildman–Crippen MR) is 159 cm³/mol. The van der Waals surface area contributed by atoms with E-state index in [2.05, 4.69) is 25.3 Å². The van der Waals surface area contributed by atoms with Crippen LogP contribution in [-0.4, -0.2) is 89.8 Å². The molecule has 0 unspecified atom stereocenters. The van der Waals surface area contributed by atoms with E-state index >= 15 is 0 Å². The molecule has 2 fully saturated rings. The molecule has 1 saturated carbocycles. The zero-order chi connectivity index (χ0) is 27.2. The van der Waals surface area contributed by atoms with E-state index in [0.29, 0.717) is 44.2 Å². The average molecular weight is 567 g/mol. The zero-order valence-corrected chi connectivity index (χ0v) is 23.0. The number of nitrogens with zero attached hydrogens (tertiary/aromatic N) is 5. The van der Waals surface area contributed by atoms with E-state index in [-0.39, 0.29) is 12.4 Å². The maximum atomic E-state index is 11.3. The van der Waals surface area contributed by atoms with Gasteiger partial charge >= 0.3 is 5.69 Å². The highest BCUT2D eigenvalue weighted by Gasteiger charge is 2.16. The monoisotopic (exact) mass is 566 g/mol. The second kappa shape index (κ2) is 18.4. The maximum Gasteiger partial charge on any atom is 0.348 e. The summed E-state index contributed by atoms with van der Waals surface area (Å²) in [4.78, 5) is 29.7. The van der Waals surface area contributed by atoms with E-state index in [1.165, 1.54) is 38.3 Å². The Morgan fingerprint density at radius 3 is 2.67 bits per heavy atom. The third-order valence-electron chi connectivity index (χ3n) is 6.31. The summed E-state index contributed by atoms with van der Waals surface area (Å²) in [5.74, 6) is 2.57. The van der Waals surface area contributed by atoms with Gasteiger partial charge in [-0.05, 0) is 25.0 Å². The van der Waals surface area contributed by atoms with Gasteiger partial charge in [0.25, 0.3) is 0 Å². The number of H-pyrrole nitrogens is 1. The fraction of sp³-hybridized carbons (Fsp3) is 0.520. The van der Waals surface area contributed by atoms with Crippen LogP contribution in [0.15, 0.2) is 46.1 Å². The summed E-state index contributed by atoms with van der Waals surface area (Å²) in [5, 5.41) is 3.51. The maximum absolute atomic E-state index is 11.3. The molecule has 2 aromatic heterocycles. The van der Waals surface area contributed by atoms with E-state index in [1.807, 2.05) is 29.0 Å². The summed E-state index contributed by atoms with van der Waals surface area (Å²) in [5.41, 5.74) is 16.8. The van der Waals surface area contributed by atoms with E-state index in [4.69, 9.17) is 26.7 Å². The van der Waals surface area contributed by atoms with Gasteiger partial charge in [-0.2, -0.15) is 4.98 Å². The van der Waals surface area contributed by atoms with Gasteiger partial charge in [-0.3, -0.25) is 4.98 Å². The normalized spacial score (nSPS) is 15.8. The molecule has 1 saturated heterocycles. The van der Waals surface area contributed by atoms with Gasteiger partial charge in [0.05, 0.1) is 31.9 Å². The Balaban J connectivity index is 0.000000756. The molecule has 0 bridgehead atoms. The molecule has 15 nitrogen and oxygen atoms in total. The van der Waals surface area contributed by atoms with Gasteiger partial charge in [0.2, 0.25) is 0 Å². The summed E-state index contributed by atoms with van der Waals surface area (Å²) in [7, 11) is 1.88. The van der Waals surface area contributed by atoms with Gasteiger partial charge in [0.1, 0.15) is 18.2 Å². The highest BCUT2D eigenvalue weighted by atomic mass is 16.5. The number of morpholine rings is 1. The number of aromatic amines is 1. The van der Waals surface area contributed by atoms with E-state index < -0.39 is 5.69 Å². The molecule has 12 N–H and O–H groups in total. The van der Waals surface area contributed by atoms with Crippen molar-refractivity contribution in [2.45, 2.75) is 38.1 Å². The largest absolute Gasteiger partial charge is 0.483 e. The minimum Gasteiger partial charge on any atom is -0.483 e. The number of aliphatic imine (C=N–C) groups is 1. The molecule has 2 aliphatic rings. The van der Waals surface area contributed by atoms with Crippen molar-refractivity contribution in [3.8, 4) is 5.75 Å². The first-order valence-corrected chi connectivity index (χ1v) is 12.9. The van der Waals surface area contributed by atoms with Gasteiger partial charge in [-0.25, -0.2) is 14.8 Å². The minimum absolute atomic E-state index is 0. The van der Waals surface area contributed by atoms with Crippen LogP contribution in [0.1, 0.15) is 33.5 Å². The van der Waals surface area contributed by atoms with Crippen LogP contribution in [0.25, 0.3) is 0 Å².